The quantitative estimate of drug-likeness (QED) is 0.455. The van der Waals surface area contributed by atoms with Gasteiger partial charge in [0.15, 0.2) is 23.1 Å². The van der Waals surface area contributed by atoms with Crippen LogP contribution in [-0.2, 0) is 11.8 Å². The average molecular weight is 472 g/mol. The summed E-state index contributed by atoms with van der Waals surface area (Å²) in [6.07, 6.45) is 0.912. The number of nitrogens with one attached hydrogen (secondary N) is 3. The summed E-state index contributed by atoms with van der Waals surface area (Å²) in [5.41, 5.74) is 1.25. The van der Waals surface area contributed by atoms with Crippen molar-refractivity contribution in [3.8, 4) is 17.1 Å². The van der Waals surface area contributed by atoms with Crippen molar-refractivity contribution >= 4 is 29.0 Å². The van der Waals surface area contributed by atoms with E-state index in [9.17, 15) is 18.4 Å². The number of methoxy groups -OCH3 is 1. The Bertz CT molecular complexity index is 1250. The fourth-order valence-corrected chi connectivity index (χ4v) is 3.38. The van der Waals surface area contributed by atoms with Gasteiger partial charge >= 0.3 is 0 Å². The zero-order chi connectivity index (χ0) is 24.5. The lowest BCUT2D eigenvalue weighted by molar-refractivity contribution is -0.117. The molecule has 1 aliphatic carbocycles. The maximum Gasteiger partial charge on any atom is 0.273 e. The zero-order valence-corrected chi connectivity index (χ0v) is 18.6. The lowest BCUT2D eigenvalue weighted by Gasteiger charge is -2.16. The number of aromatic nitrogens is 5. The minimum Gasteiger partial charge on any atom is -0.494 e. The van der Waals surface area contributed by atoms with Gasteiger partial charge in [0.25, 0.3) is 11.8 Å². The van der Waals surface area contributed by atoms with Gasteiger partial charge < -0.3 is 20.7 Å². The molecule has 4 rings (SSSR count). The minimum absolute atomic E-state index is 0.00522. The SMILES string of the molecule is CNC(=O)c1nnc(NC(=O)CC2CC2(F)F)cc1Nc1cccc(-c2ncn(C)n2)c1OC. The van der Waals surface area contributed by atoms with Crippen LogP contribution in [0.3, 0.4) is 0 Å². The van der Waals surface area contributed by atoms with E-state index in [4.69, 9.17) is 4.74 Å². The number of alkyl halides is 2. The lowest BCUT2D eigenvalue weighted by Crippen LogP contribution is -2.22. The summed E-state index contributed by atoms with van der Waals surface area (Å²) in [5, 5.41) is 20.1. The molecule has 34 heavy (non-hydrogen) atoms. The van der Waals surface area contributed by atoms with Crippen LogP contribution in [0.25, 0.3) is 11.4 Å². The van der Waals surface area contributed by atoms with Crippen molar-refractivity contribution in [2.45, 2.75) is 18.8 Å². The number of anilines is 3. The number of hydrogen-bond donors (Lipinski definition) is 3. The van der Waals surface area contributed by atoms with Crippen LogP contribution in [-0.4, -0.2) is 56.9 Å². The van der Waals surface area contributed by atoms with Crippen molar-refractivity contribution in [2.24, 2.45) is 13.0 Å². The molecule has 1 fully saturated rings. The lowest BCUT2D eigenvalue weighted by atomic mass is 10.1. The molecule has 13 heteroatoms. The minimum atomic E-state index is -2.80. The predicted octanol–water partition coefficient (Wildman–Crippen LogP) is 2.37. The van der Waals surface area contributed by atoms with Crippen LogP contribution in [0.15, 0.2) is 30.6 Å². The molecule has 2 amide bonds. The van der Waals surface area contributed by atoms with Crippen molar-refractivity contribution in [3.05, 3.63) is 36.3 Å². The van der Waals surface area contributed by atoms with Crippen LogP contribution in [0, 0.1) is 5.92 Å². The molecule has 0 saturated heterocycles. The molecule has 11 nitrogen and oxygen atoms in total. The number of carbonyl (C=O) groups excluding carboxylic acids is 2. The van der Waals surface area contributed by atoms with Crippen molar-refractivity contribution in [1.29, 1.82) is 0 Å². The molecule has 2 aromatic heterocycles. The van der Waals surface area contributed by atoms with Crippen LogP contribution in [0.4, 0.5) is 26.0 Å². The number of benzene rings is 1. The maximum atomic E-state index is 13.1. The predicted molar refractivity (Wildman–Crippen MR) is 118 cm³/mol. The number of carbonyl (C=O) groups is 2. The molecule has 1 aliphatic rings. The number of para-hydroxylation sites is 1. The number of hydrogen-bond acceptors (Lipinski definition) is 8. The van der Waals surface area contributed by atoms with Gasteiger partial charge in [0, 0.05) is 38.9 Å². The van der Waals surface area contributed by atoms with Crippen LogP contribution >= 0.6 is 0 Å². The molecule has 1 atom stereocenters. The van der Waals surface area contributed by atoms with Crippen molar-refractivity contribution in [3.63, 3.8) is 0 Å². The summed E-state index contributed by atoms with van der Waals surface area (Å²) in [6, 6.07) is 6.64. The first kappa shape index (κ1) is 23.0. The number of rotatable bonds is 8. The fraction of sp³-hybridized carbons (Fsp3) is 0.333. The molecule has 3 N–H and O–H groups in total. The van der Waals surface area contributed by atoms with Gasteiger partial charge in [-0.15, -0.1) is 10.2 Å². The Balaban J connectivity index is 1.64. The first-order chi connectivity index (χ1) is 16.2. The highest BCUT2D eigenvalue weighted by atomic mass is 19.3. The monoisotopic (exact) mass is 472 g/mol. The summed E-state index contributed by atoms with van der Waals surface area (Å²) < 4.78 is 33.4. The van der Waals surface area contributed by atoms with Gasteiger partial charge in [-0.3, -0.25) is 14.3 Å². The topological polar surface area (TPSA) is 136 Å². The van der Waals surface area contributed by atoms with Gasteiger partial charge in [-0.2, -0.15) is 5.10 Å². The molecule has 0 aliphatic heterocycles. The highest BCUT2D eigenvalue weighted by molar-refractivity contribution is 5.99. The van der Waals surface area contributed by atoms with Gasteiger partial charge in [-0.1, -0.05) is 6.07 Å². The second-order valence-corrected chi connectivity index (χ2v) is 7.74. The molecule has 2 heterocycles. The molecular weight excluding hydrogens is 450 g/mol. The fourth-order valence-electron chi connectivity index (χ4n) is 3.38. The van der Waals surface area contributed by atoms with E-state index in [0.717, 1.165) is 0 Å². The number of amides is 2. The number of halogens is 2. The summed E-state index contributed by atoms with van der Waals surface area (Å²) in [4.78, 5) is 28.7. The second kappa shape index (κ2) is 9.00. The Morgan fingerprint density at radius 3 is 2.65 bits per heavy atom. The van der Waals surface area contributed by atoms with Gasteiger partial charge in [0.2, 0.25) is 5.91 Å². The van der Waals surface area contributed by atoms with Gasteiger partial charge in [-0.25, -0.2) is 13.8 Å². The molecule has 1 aromatic carbocycles. The van der Waals surface area contributed by atoms with Crippen molar-refractivity contribution < 1.29 is 23.1 Å². The third kappa shape index (κ3) is 4.77. The van der Waals surface area contributed by atoms with Gasteiger partial charge in [0.05, 0.1) is 24.0 Å². The van der Waals surface area contributed by atoms with E-state index in [1.54, 1.807) is 36.3 Å². The van der Waals surface area contributed by atoms with Crippen molar-refractivity contribution in [2.75, 3.05) is 24.8 Å². The van der Waals surface area contributed by atoms with Crippen LogP contribution < -0.4 is 20.7 Å². The summed E-state index contributed by atoms with van der Waals surface area (Å²) >= 11 is 0. The highest BCUT2D eigenvalue weighted by Crippen LogP contribution is 2.50. The Morgan fingerprint density at radius 1 is 1.26 bits per heavy atom. The molecular formula is C21H22F2N8O3. The van der Waals surface area contributed by atoms with E-state index in [1.807, 2.05) is 0 Å². The molecule has 0 bridgehead atoms. The first-order valence-electron chi connectivity index (χ1n) is 10.3. The largest absolute Gasteiger partial charge is 0.494 e. The molecule has 1 saturated carbocycles. The van der Waals surface area contributed by atoms with Crippen LogP contribution in [0.2, 0.25) is 0 Å². The standard InChI is InChI=1S/C21H22F2N8O3/c1-24-20(33)17-14(8-15(28-29-17)27-16(32)7-11-9-21(11,22)23)26-13-6-4-5-12(18(13)34-3)19-25-10-31(2)30-19/h4-6,8,10-11H,7,9H2,1-3H3,(H,24,33)(H2,26,27,28,32). The number of nitrogens with zero attached hydrogens (tertiary/aromatic N) is 5. The number of aryl methyl sites for hydroxylation is 1. The van der Waals surface area contributed by atoms with Gasteiger partial charge in [-0.05, 0) is 12.1 Å². The van der Waals surface area contributed by atoms with E-state index in [2.05, 4.69) is 36.2 Å². The first-order valence-corrected chi connectivity index (χ1v) is 10.3. The Kier molecular flexibility index (Phi) is 6.09. The van der Waals surface area contributed by atoms with E-state index in [0.29, 0.717) is 22.8 Å². The Morgan fingerprint density at radius 2 is 2.03 bits per heavy atom. The summed E-state index contributed by atoms with van der Waals surface area (Å²) in [5.74, 6) is -4.06. The van der Waals surface area contributed by atoms with Gasteiger partial charge in [0.1, 0.15) is 6.33 Å². The second-order valence-electron chi connectivity index (χ2n) is 7.74. The molecule has 0 spiro atoms. The number of ether oxygens (including phenoxy) is 1. The molecule has 178 valence electrons. The normalized spacial score (nSPS) is 16.0. The highest BCUT2D eigenvalue weighted by Gasteiger charge is 2.57. The smallest absolute Gasteiger partial charge is 0.273 e. The average Bonchev–Trinajstić information content (AvgIpc) is 3.17. The van der Waals surface area contributed by atoms with Crippen molar-refractivity contribution in [1.82, 2.24) is 30.3 Å². The third-order valence-electron chi connectivity index (χ3n) is 5.22. The zero-order valence-electron chi connectivity index (χ0n) is 18.6. The van der Waals surface area contributed by atoms with E-state index >= 15 is 0 Å². The Labute approximate surface area is 192 Å². The molecule has 0 radical (unpaired) electrons. The third-order valence-corrected chi connectivity index (χ3v) is 5.22. The van der Waals surface area contributed by atoms with E-state index in [-0.39, 0.29) is 30.0 Å². The Hall–Kier alpha value is -4.16. The van der Waals surface area contributed by atoms with E-state index in [1.165, 1.54) is 20.2 Å². The molecule has 1 unspecified atom stereocenters. The van der Waals surface area contributed by atoms with E-state index < -0.39 is 23.7 Å². The maximum absolute atomic E-state index is 13.1. The van der Waals surface area contributed by atoms with Crippen LogP contribution in [0.5, 0.6) is 5.75 Å². The summed E-state index contributed by atoms with van der Waals surface area (Å²) in [7, 11) is 4.66. The van der Waals surface area contributed by atoms with Crippen LogP contribution in [0.1, 0.15) is 23.3 Å². The summed E-state index contributed by atoms with van der Waals surface area (Å²) in [6.45, 7) is 0. The molecule has 3 aromatic rings.